The predicted molar refractivity (Wildman–Crippen MR) is 115 cm³/mol. The van der Waals surface area contributed by atoms with E-state index < -0.39 is 0 Å². The summed E-state index contributed by atoms with van der Waals surface area (Å²) in [7, 11) is 1.76. The summed E-state index contributed by atoms with van der Waals surface area (Å²) >= 11 is 6.02. The van der Waals surface area contributed by atoms with Crippen molar-refractivity contribution in [1.82, 2.24) is 25.0 Å². The summed E-state index contributed by atoms with van der Waals surface area (Å²) in [6.45, 7) is 3.64. The van der Waals surface area contributed by atoms with E-state index in [2.05, 4.69) is 30.5 Å². The second-order valence-electron chi connectivity index (χ2n) is 8.32. The summed E-state index contributed by atoms with van der Waals surface area (Å²) in [4.78, 5) is 6.82. The molecule has 0 amide bonds. The van der Waals surface area contributed by atoms with E-state index in [0.29, 0.717) is 34.7 Å². The molecule has 3 heterocycles. The maximum atomic E-state index is 13.7. The molecule has 162 valence electrons. The van der Waals surface area contributed by atoms with E-state index in [-0.39, 0.29) is 11.9 Å². The molecule has 2 bridgehead atoms. The minimum atomic E-state index is -0.343. The van der Waals surface area contributed by atoms with Gasteiger partial charge in [-0.2, -0.15) is 10.1 Å². The van der Waals surface area contributed by atoms with E-state index in [0.717, 1.165) is 37.2 Å². The number of ether oxygens (including phenoxy) is 1. The van der Waals surface area contributed by atoms with Gasteiger partial charge in [0, 0.05) is 38.3 Å². The summed E-state index contributed by atoms with van der Waals surface area (Å²) in [6.07, 6.45) is 4.05. The number of nitrogens with zero attached hydrogens (tertiary/aromatic N) is 6. The molecule has 31 heavy (non-hydrogen) atoms. The van der Waals surface area contributed by atoms with Crippen molar-refractivity contribution >= 4 is 23.2 Å². The molecule has 1 aliphatic carbocycles. The van der Waals surface area contributed by atoms with Gasteiger partial charge < -0.3 is 15.0 Å². The first-order chi connectivity index (χ1) is 14.9. The Hall–Kier alpha value is -2.94. The fraction of sp³-hybridized carbons (Fsp3) is 0.429. The highest BCUT2D eigenvalue weighted by molar-refractivity contribution is 6.29. The van der Waals surface area contributed by atoms with Crippen molar-refractivity contribution in [1.29, 1.82) is 0 Å². The first-order valence-corrected chi connectivity index (χ1v) is 10.7. The molecule has 2 atom stereocenters. The zero-order valence-electron chi connectivity index (χ0n) is 17.3. The Bertz CT molecular complexity index is 1070. The fourth-order valence-electron chi connectivity index (χ4n) is 4.71. The van der Waals surface area contributed by atoms with E-state index in [9.17, 15) is 4.39 Å². The van der Waals surface area contributed by atoms with Gasteiger partial charge in [0.25, 0.3) is 0 Å². The Morgan fingerprint density at radius 1 is 1.16 bits per heavy atom. The molecule has 5 rings (SSSR count). The highest BCUT2D eigenvalue weighted by Crippen LogP contribution is 2.40. The zero-order valence-corrected chi connectivity index (χ0v) is 18.1. The molecule has 0 spiro atoms. The number of hydrogen-bond acceptors (Lipinski definition) is 7. The highest BCUT2D eigenvalue weighted by atomic mass is 35.5. The Morgan fingerprint density at radius 3 is 2.65 bits per heavy atom. The van der Waals surface area contributed by atoms with E-state index in [1.165, 1.54) is 12.1 Å². The van der Waals surface area contributed by atoms with Gasteiger partial charge in [-0.15, -0.1) is 10.2 Å². The average molecular weight is 444 g/mol. The van der Waals surface area contributed by atoms with Crippen LogP contribution in [0.1, 0.15) is 18.4 Å². The normalized spacial score (nSPS) is 22.6. The molecule has 2 aliphatic rings. The molecule has 1 aliphatic heterocycles. The van der Waals surface area contributed by atoms with Crippen LogP contribution >= 0.6 is 11.6 Å². The lowest BCUT2D eigenvalue weighted by atomic mass is 9.92. The number of fused-ring (bicyclic) bond motifs is 2. The summed E-state index contributed by atoms with van der Waals surface area (Å²) in [5, 5.41) is 16.2. The van der Waals surface area contributed by atoms with Crippen molar-refractivity contribution < 1.29 is 9.13 Å². The van der Waals surface area contributed by atoms with Gasteiger partial charge in [0.05, 0.1) is 11.9 Å². The lowest BCUT2D eigenvalue weighted by molar-refractivity contribution is 0.376. The molecule has 1 saturated heterocycles. The van der Waals surface area contributed by atoms with Crippen LogP contribution in [-0.4, -0.2) is 44.1 Å². The van der Waals surface area contributed by atoms with Crippen LogP contribution in [0.3, 0.4) is 0 Å². The summed E-state index contributed by atoms with van der Waals surface area (Å²) in [6, 6.07) is 7.02. The van der Waals surface area contributed by atoms with Gasteiger partial charge in [-0.05, 0) is 49.3 Å². The monoisotopic (exact) mass is 443 g/mol. The number of aromatic nitrogens is 5. The second kappa shape index (κ2) is 7.96. The standard InChI is InChI=1S/C21H23ClFN7O/c1-12-5-15(23)7-17(6-12)31-21-26-20(28-29(21)2)25-19-13-3-4-14(19)11-30(10-13)16-8-18(22)27-24-9-16/h5-9,13-14,19H,3-4,10-11H2,1-2H3,(H,25,28). The van der Waals surface area contributed by atoms with Crippen molar-refractivity contribution in [2.24, 2.45) is 18.9 Å². The minimum absolute atomic E-state index is 0.285. The van der Waals surface area contributed by atoms with Crippen LogP contribution < -0.4 is 15.0 Å². The third-order valence-electron chi connectivity index (χ3n) is 6.05. The van der Waals surface area contributed by atoms with Gasteiger partial charge in [-0.1, -0.05) is 11.6 Å². The van der Waals surface area contributed by atoms with E-state index in [1.54, 1.807) is 24.0 Å². The highest BCUT2D eigenvalue weighted by Gasteiger charge is 2.42. The maximum Gasteiger partial charge on any atom is 0.321 e. The molecule has 2 fully saturated rings. The van der Waals surface area contributed by atoms with Gasteiger partial charge in [0.2, 0.25) is 5.95 Å². The van der Waals surface area contributed by atoms with Crippen molar-refractivity contribution in [2.45, 2.75) is 25.8 Å². The lowest BCUT2D eigenvalue weighted by Gasteiger charge is -2.39. The molecule has 2 unspecified atom stereocenters. The molecule has 2 aromatic heterocycles. The number of halogens is 2. The Kier molecular flexibility index (Phi) is 5.13. The number of anilines is 2. The molecular weight excluding hydrogens is 421 g/mol. The third-order valence-corrected chi connectivity index (χ3v) is 6.24. The van der Waals surface area contributed by atoms with Crippen LogP contribution in [0, 0.1) is 24.6 Å². The molecule has 0 radical (unpaired) electrons. The van der Waals surface area contributed by atoms with Gasteiger partial charge >= 0.3 is 6.01 Å². The van der Waals surface area contributed by atoms with Crippen LogP contribution in [-0.2, 0) is 7.05 Å². The smallest absolute Gasteiger partial charge is 0.321 e. The second-order valence-corrected chi connectivity index (χ2v) is 8.70. The Labute approximate surface area is 184 Å². The summed E-state index contributed by atoms with van der Waals surface area (Å²) in [5.74, 6) is 1.51. The molecule has 1 N–H and O–H groups in total. The number of nitrogens with one attached hydrogen (secondary N) is 1. The largest absolute Gasteiger partial charge is 0.424 e. The Balaban J connectivity index is 1.28. The molecule has 1 saturated carbocycles. The number of benzene rings is 1. The molecule has 10 heteroatoms. The Morgan fingerprint density at radius 2 is 1.94 bits per heavy atom. The van der Waals surface area contributed by atoms with Crippen molar-refractivity contribution in [3.63, 3.8) is 0 Å². The SMILES string of the molecule is Cc1cc(F)cc(Oc2nc(NC3C4CCC3CN(c3cnnc(Cl)c3)C4)nn2C)c1. The van der Waals surface area contributed by atoms with Crippen LogP contribution in [0.15, 0.2) is 30.5 Å². The van der Waals surface area contributed by atoms with Gasteiger partial charge in [0.15, 0.2) is 5.15 Å². The molecule has 1 aromatic carbocycles. The fourth-order valence-corrected chi connectivity index (χ4v) is 4.87. The van der Waals surface area contributed by atoms with Crippen molar-refractivity contribution in [3.05, 3.63) is 47.0 Å². The van der Waals surface area contributed by atoms with Crippen molar-refractivity contribution in [2.75, 3.05) is 23.3 Å². The molecule has 8 nitrogen and oxygen atoms in total. The number of aryl methyl sites for hydroxylation is 2. The molecule has 3 aromatic rings. The van der Waals surface area contributed by atoms with Crippen molar-refractivity contribution in [3.8, 4) is 11.8 Å². The topological polar surface area (TPSA) is 81.0 Å². The third kappa shape index (κ3) is 4.14. The molecular formula is C21H23ClFN7O. The predicted octanol–water partition coefficient (Wildman–Crippen LogP) is 3.83. The van der Waals surface area contributed by atoms with Gasteiger partial charge in [0.1, 0.15) is 11.6 Å². The van der Waals surface area contributed by atoms with E-state index in [4.69, 9.17) is 16.3 Å². The minimum Gasteiger partial charge on any atom is -0.424 e. The number of rotatable bonds is 5. The number of piperidine rings is 1. The van der Waals surface area contributed by atoms with Gasteiger partial charge in [-0.25, -0.2) is 9.07 Å². The van der Waals surface area contributed by atoms with Crippen LogP contribution in [0.25, 0.3) is 0 Å². The first kappa shape index (κ1) is 20.0. The van der Waals surface area contributed by atoms with E-state index in [1.807, 2.05) is 13.0 Å². The zero-order chi connectivity index (χ0) is 21.5. The van der Waals surface area contributed by atoms with E-state index >= 15 is 0 Å². The van der Waals surface area contributed by atoms with Gasteiger partial charge in [-0.3, -0.25) is 0 Å². The van der Waals surface area contributed by atoms with Crippen LogP contribution in [0.4, 0.5) is 16.0 Å². The quantitative estimate of drug-likeness (QED) is 0.641. The summed E-state index contributed by atoms with van der Waals surface area (Å²) < 4.78 is 21.0. The maximum absolute atomic E-state index is 13.7. The summed E-state index contributed by atoms with van der Waals surface area (Å²) in [5.41, 5.74) is 1.79. The van der Waals surface area contributed by atoms with Crippen LogP contribution in [0.5, 0.6) is 11.8 Å². The first-order valence-electron chi connectivity index (χ1n) is 10.3. The van der Waals surface area contributed by atoms with Crippen LogP contribution in [0.2, 0.25) is 5.15 Å². The average Bonchev–Trinajstić information content (AvgIpc) is 3.15. The lowest BCUT2D eigenvalue weighted by Crippen LogP contribution is -2.48. The number of hydrogen-bond donors (Lipinski definition) is 1.